The lowest BCUT2D eigenvalue weighted by Crippen LogP contribution is -2.15. The normalized spacial score (nSPS) is 23.2. The molecule has 0 aromatic rings. The number of esters is 1. The van der Waals surface area contributed by atoms with Gasteiger partial charge in [-0.05, 0) is 31.6 Å². The highest BCUT2D eigenvalue weighted by Gasteiger charge is 2.25. The SMILES string of the molecule is COC(=O)/C=C1/CC(C)=CCCC1(C)C. The second-order valence-electron chi connectivity index (χ2n) is 4.84. The first-order valence-electron chi connectivity index (χ1n) is 5.40. The first-order valence-corrected chi connectivity index (χ1v) is 5.40. The molecular formula is C13H20O2. The third-order valence-electron chi connectivity index (χ3n) is 3.09. The molecule has 0 atom stereocenters. The molecule has 0 fully saturated rings. The van der Waals surface area contributed by atoms with Crippen molar-refractivity contribution in [3.05, 3.63) is 23.3 Å². The smallest absolute Gasteiger partial charge is 0.330 e. The average molecular weight is 208 g/mol. The Bertz CT molecular complexity index is 308. The zero-order chi connectivity index (χ0) is 11.5. The zero-order valence-electron chi connectivity index (χ0n) is 10.1. The number of allylic oxidation sites excluding steroid dienone is 3. The first-order chi connectivity index (χ1) is 6.95. The van der Waals surface area contributed by atoms with Gasteiger partial charge < -0.3 is 4.74 Å². The Balaban J connectivity index is 2.95. The monoisotopic (exact) mass is 208 g/mol. The van der Waals surface area contributed by atoms with Gasteiger partial charge in [0.2, 0.25) is 0 Å². The Hall–Kier alpha value is -1.05. The van der Waals surface area contributed by atoms with Gasteiger partial charge >= 0.3 is 5.97 Å². The molecule has 0 amide bonds. The molecule has 0 aromatic heterocycles. The van der Waals surface area contributed by atoms with E-state index in [1.807, 2.05) is 0 Å². The Kier molecular flexibility index (Phi) is 3.72. The van der Waals surface area contributed by atoms with E-state index < -0.39 is 0 Å². The van der Waals surface area contributed by atoms with E-state index in [0.29, 0.717) is 0 Å². The van der Waals surface area contributed by atoms with Crippen molar-refractivity contribution < 1.29 is 9.53 Å². The van der Waals surface area contributed by atoms with E-state index in [1.54, 1.807) is 6.08 Å². The Morgan fingerprint density at radius 2 is 2.20 bits per heavy atom. The second kappa shape index (κ2) is 4.65. The van der Waals surface area contributed by atoms with Crippen LogP contribution in [0.15, 0.2) is 23.3 Å². The van der Waals surface area contributed by atoms with E-state index in [4.69, 9.17) is 0 Å². The molecule has 0 saturated heterocycles. The van der Waals surface area contributed by atoms with Crippen LogP contribution in [0.1, 0.15) is 40.0 Å². The van der Waals surface area contributed by atoms with Crippen LogP contribution in [-0.2, 0) is 9.53 Å². The van der Waals surface area contributed by atoms with Gasteiger partial charge in [-0.1, -0.05) is 31.1 Å². The Morgan fingerprint density at radius 3 is 2.80 bits per heavy atom. The molecule has 84 valence electrons. The summed E-state index contributed by atoms with van der Waals surface area (Å²) in [6.07, 6.45) is 7.00. The highest BCUT2D eigenvalue weighted by molar-refractivity contribution is 5.83. The van der Waals surface area contributed by atoms with E-state index >= 15 is 0 Å². The molecule has 0 bridgehead atoms. The molecule has 1 aliphatic carbocycles. The number of hydrogen-bond acceptors (Lipinski definition) is 2. The minimum absolute atomic E-state index is 0.0997. The lowest BCUT2D eigenvalue weighted by molar-refractivity contribution is -0.134. The number of ether oxygens (including phenoxy) is 1. The van der Waals surface area contributed by atoms with Crippen molar-refractivity contribution in [3.8, 4) is 0 Å². The maximum absolute atomic E-state index is 11.3. The molecule has 0 radical (unpaired) electrons. The summed E-state index contributed by atoms with van der Waals surface area (Å²) in [5.74, 6) is -0.243. The van der Waals surface area contributed by atoms with Crippen molar-refractivity contribution >= 4 is 5.97 Å². The van der Waals surface area contributed by atoms with E-state index in [9.17, 15) is 4.79 Å². The number of hydrogen-bond donors (Lipinski definition) is 0. The van der Waals surface area contributed by atoms with Crippen LogP contribution in [0.4, 0.5) is 0 Å². The Morgan fingerprint density at radius 1 is 1.53 bits per heavy atom. The highest BCUT2D eigenvalue weighted by Crippen LogP contribution is 2.38. The van der Waals surface area contributed by atoms with Gasteiger partial charge in [-0.2, -0.15) is 0 Å². The summed E-state index contributed by atoms with van der Waals surface area (Å²) < 4.78 is 4.69. The van der Waals surface area contributed by atoms with E-state index in [0.717, 1.165) is 19.3 Å². The molecule has 0 unspecified atom stereocenters. The van der Waals surface area contributed by atoms with Crippen LogP contribution in [0.25, 0.3) is 0 Å². The van der Waals surface area contributed by atoms with Crippen molar-refractivity contribution in [1.29, 1.82) is 0 Å². The highest BCUT2D eigenvalue weighted by atomic mass is 16.5. The minimum Gasteiger partial charge on any atom is -0.466 e. The predicted molar refractivity (Wildman–Crippen MR) is 61.5 cm³/mol. The summed E-state index contributed by atoms with van der Waals surface area (Å²) in [7, 11) is 1.42. The number of rotatable bonds is 1. The average Bonchev–Trinajstić information content (AvgIpc) is 2.26. The number of carbonyl (C=O) groups excluding carboxylic acids is 1. The molecule has 0 N–H and O–H groups in total. The van der Waals surface area contributed by atoms with Crippen molar-refractivity contribution in [2.24, 2.45) is 5.41 Å². The largest absolute Gasteiger partial charge is 0.466 e. The fourth-order valence-corrected chi connectivity index (χ4v) is 1.90. The van der Waals surface area contributed by atoms with Crippen LogP contribution >= 0.6 is 0 Å². The van der Waals surface area contributed by atoms with Crippen molar-refractivity contribution in [2.75, 3.05) is 7.11 Å². The van der Waals surface area contributed by atoms with Crippen LogP contribution in [-0.4, -0.2) is 13.1 Å². The summed E-state index contributed by atoms with van der Waals surface area (Å²) in [5, 5.41) is 0. The van der Waals surface area contributed by atoms with Crippen molar-refractivity contribution in [2.45, 2.75) is 40.0 Å². The summed E-state index contributed by atoms with van der Waals surface area (Å²) in [6.45, 7) is 6.49. The predicted octanol–water partition coefficient (Wildman–Crippen LogP) is 3.24. The molecule has 1 rings (SSSR count). The van der Waals surface area contributed by atoms with Crippen LogP contribution in [0.3, 0.4) is 0 Å². The maximum atomic E-state index is 11.3. The van der Waals surface area contributed by atoms with Crippen LogP contribution in [0.2, 0.25) is 0 Å². The van der Waals surface area contributed by atoms with E-state index in [2.05, 4.69) is 31.6 Å². The molecule has 0 saturated carbocycles. The van der Waals surface area contributed by atoms with Crippen molar-refractivity contribution in [3.63, 3.8) is 0 Å². The summed E-state index contributed by atoms with van der Waals surface area (Å²) >= 11 is 0. The molecule has 0 spiro atoms. The van der Waals surface area contributed by atoms with E-state index in [-0.39, 0.29) is 11.4 Å². The van der Waals surface area contributed by atoms with Crippen LogP contribution in [0, 0.1) is 5.41 Å². The molecule has 2 nitrogen and oxygen atoms in total. The second-order valence-corrected chi connectivity index (χ2v) is 4.84. The summed E-state index contributed by atoms with van der Waals surface area (Å²) in [5.41, 5.74) is 2.62. The van der Waals surface area contributed by atoms with Gasteiger partial charge in [-0.25, -0.2) is 4.79 Å². The van der Waals surface area contributed by atoms with Gasteiger partial charge in [0.15, 0.2) is 0 Å². The zero-order valence-corrected chi connectivity index (χ0v) is 10.1. The third-order valence-corrected chi connectivity index (χ3v) is 3.09. The fourth-order valence-electron chi connectivity index (χ4n) is 1.90. The third kappa shape index (κ3) is 3.22. The molecule has 0 aromatic carbocycles. The van der Waals surface area contributed by atoms with Crippen LogP contribution < -0.4 is 0 Å². The molecule has 1 aliphatic rings. The van der Waals surface area contributed by atoms with Gasteiger partial charge in [-0.15, -0.1) is 0 Å². The lowest BCUT2D eigenvalue weighted by atomic mass is 9.79. The first kappa shape index (κ1) is 12.0. The minimum atomic E-state index is -0.243. The standard InChI is InChI=1S/C13H20O2/c1-10-6-5-7-13(2,3)11(8-10)9-12(14)15-4/h6,9H,5,7-8H2,1-4H3/b11-9-. The van der Waals surface area contributed by atoms with Gasteiger partial charge in [0.25, 0.3) is 0 Å². The van der Waals surface area contributed by atoms with Crippen molar-refractivity contribution in [1.82, 2.24) is 0 Å². The number of carbonyl (C=O) groups is 1. The quantitative estimate of drug-likeness (QED) is 0.375. The molecule has 15 heavy (non-hydrogen) atoms. The van der Waals surface area contributed by atoms with Gasteiger partial charge in [-0.3, -0.25) is 0 Å². The molecule has 0 heterocycles. The Labute approximate surface area is 92.0 Å². The number of methoxy groups -OCH3 is 1. The maximum Gasteiger partial charge on any atom is 0.330 e. The summed E-state index contributed by atoms with van der Waals surface area (Å²) in [6, 6.07) is 0. The fraction of sp³-hybridized carbons (Fsp3) is 0.615. The topological polar surface area (TPSA) is 26.3 Å². The molecule has 0 aliphatic heterocycles. The van der Waals surface area contributed by atoms with Crippen LogP contribution in [0.5, 0.6) is 0 Å². The molecular weight excluding hydrogens is 188 g/mol. The van der Waals surface area contributed by atoms with Gasteiger partial charge in [0.1, 0.15) is 0 Å². The van der Waals surface area contributed by atoms with E-state index in [1.165, 1.54) is 18.3 Å². The van der Waals surface area contributed by atoms with Gasteiger partial charge in [0, 0.05) is 6.08 Å². The molecule has 2 heteroatoms. The lowest BCUT2D eigenvalue weighted by Gasteiger charge is -2.26. The summed E-state index contributed by atoms with van der Waals surface area (Å²) in [4.78, 5) is 11.3. The van der Waals surface area contributed by atoms with Gasteiger partial charge in [0.05, 0.1) is 7.11 Å².